The molecule has 7 nitrogen and oxygen atoms in total. The molecule has 0 spiro atoms. The van der Waals surface area contributed by atoms with Gasteiger partial charge in [0.2, 0.25) is 5.88 Å². The number of ether oxygens (including phenoxy) is 1. The van der Waals surface area contributed by atoms with Crippen LogP contribution in [-0.4, -0.2) is 22.8 Å². The first-order valence-corrected chi connectivity index (χ1v) is 8.53. The number of amides is 2. The van der Waals surface area contributed by atoms with Crippen LogP contribution in [0.1, 0.15) is 12.6 Å². The number of aromatic nitrogens is 2. The second kappa shape index (κ2) is 7.66. The number of benzene rings is 1. The molecule has 142 valence electrons. The van der Waals surface area contributed by atoms with Gasteiger partial charge in [0.25, 0.3) is 0 Å². The lowest BCUT2D eigenvalue weighted by Gasteiger charge is -2.12. The van der Waals surface area contributed by atoms with Gasteiger partial charge in [-0.15, -0.1) is 11.3 Å². The van der Waals surface area contributed by atoms with Crippen LogP contribution in [0.5, 0.6) is 5.75 Å². The fraction of sp³-hybridized carbons (Fsp3) is 0.188. The second-order valence-corrected chi connectivity index (χ2v) is 6.03. The van der Waals surface area contributed by atoms with Crippen LogP contribution in [0.4, 0.5) is 29.5 Å². The normalized spacial score (nSPS) is 11.3. The topological polar surface area (TPSA) is 89.3 Å². The molecule has 2 N–H and O–H groups in total. The fourth-order valence-corrected chi connectivity index (χ4v) is 2.82. The number of nitrogens with zero attached hydrogens (tertiary/aromatic N) is 2. The Morgan fingerprint density at radius 1 is 1.30 bits per heavy atom. The summed E-state index contributed by atoms with van der Waals surface area (Å²) in [6, 6.07) is 4.80. The zero-order valence-electron chi connectivity index (χ0n) is 13.8. The SMILES string of the molecule is CCOc1ccc(NC(=O)Nc2cc(C(F)(F)F)no2)c(-c2nccs2)c1. The molecule has 2 heterocycles. The number of urea groups is 1. The molecular weight excluding hydrogens is 385 g/mol. The van der Waals surface area contributed by atoms with Crippen molar-refractivity contribution in [3.63, 3.8) is 0 Å². The molecule has 0 radical (unpaired) electrons. The van der Waals surface area contributed by atoms with Crippen LogP contribution < -0.4 is 15.4 Å². The maximum absolute atomic E-state index is 12.5. The Labute approximate surface area is 155 Å². The average molecular weight is 398 g/mol. The number of nitrogens with one attached hydrogen (secondary N) is 2. The molecule has 0 saturated heterocycles. The summed E-state index contributed by atoms with van der Waals surface area (Å²) >= 11 is 1.36. The van der Waals surface area contributed by atoms with E-state index in [0.29, 0.717) is 34.7 Å². The van der Waals surface area contributed by atoms with Crippen LogP contribution in [0.15, 0.2) is 40.4 Å². The van der Waals surface area contributed by atoms with Crippen LogP contribution in [0.25, 0.3) is 10.6 Å². The van der Waals surface area contributed by atoms with Crippen molar-refractivity contribution in [1.29, 1.82) is 0 Å². The quantitative estimate of drug-likeness (QED) is 0.641. The van der Waals surface area contributed by atoms with E-state index in [9.17, 15) is 18.0 Å². The van der Waals surface area contributed by atoms with Gasteiger partial charge >= 0.3 is 12.2 Å². The smallest absolute Gasteiger partial charge is 0.436 e. The highest BCUT2D eigenvalue weighted by Gasteiger charge is 2.35. The first kappa shape index (κ1) is 18.7. The number of halogens is 3. The summed E-state index contributed by atoms with van der Waals surface area (Å²) < 4.78 is 47.5. The van der Waals surface area contributed by atoms with Gasteiger partial charge in [-0.25, -0.2) is 9.78 Å². The van der Waals surface area contributed by atoms with Gasteiger partial charge in [0.1, 0.15) is 10.8 Å². The average Bonchev–Trinajstić information content (AvgIpc) is 3.27. The molecule has 2 aromatic heterocycles. The van der Waals surface area contributed by atoms with Crippen molar-refractivity contribution in [2.24, 2.45) is 0 Å². The molecule has 1 aromatic carbocycles. The van der Waals surface area contributed by atoms with Gasteiger partial charge in [-0.05, 0) is 25.1 Å². The predicted octanol–water partition coefficient (Wildman–Crippen LogP) is 4.86. The molecule has 2 amide bonds. The highest BCUT2D eigenvalue weighted by atomic mass is 32.1. The number of thiazole rings is 1. The van der Waals surface area contributed by atoms with Gasteiger partial charge in [-0.3, -0.25) is 5.32 Å². The Balaban J connectivity index is 1.78. The van der Waals surface area contributed by atoms with Crippen LogP contribution in [-0.2, 0) is 6.18 Å². The van der Waals surface area contributed by atoms with Crippen LogP contribution in [0.2, 0.25) is 0 Å². The van der Waals surface area contributed by atoms with Crippen molar-refractivity contribution in [3.8, 4) is 16.3 Å². The van der Waals surface area contributed by atoms with Crippen molar-refractivity contribution in [1.82, 2.24) is 10.1 Å². The lowest BCUT2D eigenvalue weighted by molar-refractivity contribution is -0.142. The van der Waals surface area contributed by atoms with Crippen molar-refractivity contribution >= 4 is 28.9 Å². The van der Waals surface area contributed by atoms with E-state index >= 15 is 0 Å². The molecule has 11 heteroatoms. The van der Waals surface area contributed by atoms with Gasteiger partial charge in [0.05, 0.1) is 12.3 Å². The Hall–Kier alpha value is -3.08. The summed E-state index contributed by atoms with van der Waals surface area (Å²) in [5.41, 5.74) is -0.219. The molecule has 0 unspecified atom stereocenters. The van der Waals surface area contributed by atoms with Crippen LogP contribution >= 0.6 is 11.3 Å². The number of hydrogen-bond donors (Lipinski definition) is 2. The molecular formula is C16H13F3N4O3S. The summed E-state index contributed by atoms with van der Waals surface area (Å²) in [5, 5.41) is 10.0. The van der Waals surface area contributed by atoms with Crippen molar-refractivity contribution in [3.05, 3.63) is 41.5 Å². The molecule has 0 saturated carbocycles. The van der Waals surface area contributed by atoms with Crippen molar-refractivity contribution < 1.29 is 27.2 Å². The highest BCUT2D eigenvalue weighted by Crippen LogP contribution is 2.33. The number of hydrogen-bond acceptors (Lipinski definition) is 6. The van der Waals surface area contributed by atoms with E-state index in [2.05, 4.69) is 25.3 Å². The van der Waals surface area contributed by atoms with E-state index < -0.39 is 23.8 Å². The van der Waals surface area contributed by atoms with E-state index in [0.717, 1.165) is 0 Å². The summed E-state index contributed by atoms with van der Waals surface area (Å²) in [5.74, 6) is 0.167. The van der Waals surface area contributed by atoms with Gasteiger partial charge < -0.3 is 14.6 Å². The molecule has 0 aliphatic rings. The number of anilines is 2. The summed E-state index contributed by atoms with van der Waals surface area (Å²) in [4.78, 5) is 16.3. The molecule has 27 heavy (non-hydrogen) atoms. The summed E-state index contributed by atoms with van der Waals surface area (Å²) in [6.07, 6.45) is -3.04. The van der Waals surface area contributed by atoms with E-state index in [1.807, 2.05) is 6.92 Å². The van der Waals surface area contributed by atoms with Gasteiger partial charge in [-0.1, -0.05) is 5.16 Å². The number of alkyl halides is 3. The lowest BCUT2D eigenvalue weighted by atomic mass is 10.1. The monoisotopic (exact) mass is 398 g/mol. The lowest BCUT2D eigenvalue weighted by Crippen LogP contribution is -2.19. The number of carbonyl (C=O) groups excluding carboxylic acids is 1. The second-order valence-electron chi connectivity index (χ2n) is 5.13. The van der Waals surface area contributed by atoms with Crippen LogP contribution in [0, 0.1) is 0 Å². The van der Waals surface area contributed by atoms with Gasteiger partial charge in [-0.2, -0.15) is 13.2 Å². The minimum absolute atomic E-state index is 0.404. The number of carbonyl (C=O) groups is 1. The zero-order chi connectivity index (χ0) is 19.4. The molecule has 0 aliphatic carbocycles. The molecule has 0 bridgehead atoms. The van der Waals surface area contributed by atoms with E-state index in [4.69, 9.17) is 4.74 Å². The Bertz CT molecular complexity index is 925. The maximum atomic E-state index is 12.5. The molecule has 3 rings (SSSR count). The molecule has 3 aromatic rings. The molecule has 0 fully saturated rings. The molecule has 0 aliphatic heterocycles. The third-order valence-corrected chi connectivity index (χ3v) is 4.06. The van der Waals surface area contributed by atoms with E-state index in [-0.39, 0.29) is 0 Å². The Morgan fingerprint density at radius 3 is 2.74 bits per heavy atom. The van der Waals surface area contributed by atoms with Gasteiger partial charge in [0, 0.05) is 23.2 Å². The fourth-order valence-electron chi connectivity index (χ4n) is 2.16. The van der Waals surface area contributed by atoms with Crippen molar-refractivity contribution in [2.45, 2.75) is 13.1 Å². The first-order chi connectivity index (χ1) is 12.9. The Morgan fingerprint density at radius 2 is 2.11 bits per heavy atom. The summed E-state index contributed by atoms with van der Waals surface area (Å²) in [6.45, 7) is 2.31. The largest absolute Gasteiger partial charge is 0.494 e. The third-order valence-electron chi connectivity index (χ3n) is 3.25. The third kappa shape index (κ3) is 4.56. The minimum Gasteiger partial charge on any atom is -0.494 e. The maximum Gasteiger partial charge on any atom is 0.436 e. The molecule has 0 atom stereocenters. The van der Waals surface area contributed by atoms with Gasteiger partial charge in [0.15, 0.2) is 5.69 Å². The number of rotatable bonds is 5. The standard InChI is InChI=1S/C16H13F3N4O3S/c1-2-25-9-3-4-11(10(7-9)14-20-5-6-27-14)21-15(24)22-13-8-12(23-26-13)16(17,18)19/h3-8H,2H2,1H3,(H2,21,22,24). The zero-order valence-corrected chi connectivity index (χ0v) is 14.6. The van der Waals surface area contributed by atoms with E-state index in [1.165, 1.54) is 11.3 Å². The summed E-state index contributed by atoms with van der Waals surface area (Å²) in [7, 11) is 0. The first-order valence-electron chi connectivity index (χ1n) is 7.65. The van der Waals surface area contributed by atoms with E-state index in [1.54, 1.807) is 29.8 Å². The van der Waals surface area contributed by atoms with Crippen LogP contribution in [0.3, 0.4) is 0 Å². The minimum atomic E-state index is -4.66. The van der Waals surface area contributed by atoms with Crippen molar-refractivity contribution in [2.75, 3.05) is 17.2 Å². The highest BCUT2D eigenvalue weighted by molar-refractivity contribution is 7.13. The predicted molar refractivity (Wildman–Crippen MR) is 92.9 cm³/mol. The Kier molecular flexibility index (Phi) is 5.31.